The lowest BCUT2D eigenvalue weighted by Crippen LogP contribution is -2.33. The third kappa shape index (κ3) is 3.92. The molecule has 0 aliphatic heterocycles. The minimum Gasteiger partial charge on any atom is -0.307 e. The Labute approximate surface area is 127 Å². The normalized spacial score (nSPS) is 15.8. The molecule has 1 aromatic rings. The highest BCUT2D eigenvalue weighted by Crippen LogP contribution is 2.38. The number of nitrogens with zero attached hydrogens (tertiary/aromatic N) is 4. The van der Waals surface area contributed by atoms with Crippen molar-refractivity contribution in [2.75, 3.05) is 13.1 Å². The molecule has 0 aromatic carbocycles. The van der Waals surface area contributed by atoms with Crippen molar-refractivity contribution in [3.63, 3.8) is 0 Å². The highest BCUT2D eigenvalue weighted by molar-refractivity contribution is 7.71. The SMILES string of the molecule is CC(C)CN(CC(C)C)Cn1nc(C2CC2)n(C)c1=S. The van der Waals surface area contributed by atoms with Crippen LogP contribution in [0.2, 0.25) is 0 Å². The molecule has 1 aliphatic carbocycles. The van der Waals surface area contributed by atoms with Crippen LogP contribution in [0.25, 0.3) is 0 Å². The van der Waals surface area contributed by atoms with Gasteiger partial charge in [0.25, 0.3) is 0 Å². The Balaban J connectivity index is 2.13. The second kappa shape index (κ2) is 6.39. The van der Waals surface area contributed by atoms with Gasteiger partial charge in [-0.3, -0.25) is 4.90 Å². The molecule has 0 saturated heterocycles. The summed E-state index contributed by atoms with van der Waals surface area (Å²) >= 11 is 5.54. The van der Waals surface area contributed by atoms with Gasteiger partial charge in [0.1, 0.15) is 5.82 Å². The maximum atomic E-state index is 5.54. The van der Waals surface area contributed by atoms with Gasteiger partial charge >= 0.3 is 0 Å². The van der Waals surface area contributed by atoms with Gasteiger partial charge < -0.3 is 4.57 Å². The Hall–Kier alpha value is -0.680. The number of hydrogen-bond donors (Lipinski definition) is 0. The zero-order chi connectivity index (χ0) is 14.9. The van der Waals surface area contributed by atoms with Gasteiger partial charge in [0, 0.05) is 26.1 Å². The molecule has 0 spiro atoms. The maximum absolute atomic E-state index is 5.54. The van der Waals surface area contributed by atoms with Gasteiger partial charge in [0.05, 0.1) is 6.67 Å². The first-order valence-electron chi connectivity index (χ1n) is 7.74. The molecule has 0 N–H and O–H groups in total. The predicted molar refractivity (Wildman–Crippen MR) is 85.3 cm³/mol. The maximum Gasteiger partial charge on any atom is 0.198 e. The number of hydrogen-bond acceptors (Lipinski definition) is 3. The molecule has 2 rings (SSSR count). The molecule has 0 amide bonds. The molecule has 1 aromatic heterocycles. The quantitative estimate of drug-likeness (QED) is 0.721. The molecule has 1 heterocycles. The van der Waals surface area contributed by atoms with Crippen molar-refractivity contribution in [3.8, 4) is 0 Å². The fraction of sp³-hybridized carbons (Fsp3) is 0.867. The second-order valence-electron chi connectivity index (χ2n) is 6.94. The van der Waals surface area contributed by atoms with Crippen LogP contribution in [0.4, 0.5) is 0 Å². The van der Waals surface area contributed by atoms with E-state index in [1.165, 1.54) is 18.7 Å². The van der Waals surface area contributed by atoms with E-state index in [1.807, 2.05) is 4.68 Å². The fourth-order valence-corrected chi connectivity index (χ4v) is 2.90. The lowest BCUT2D eigenvalue weighted by Gasteiger charge is -2.25. The summed E-state index contributed by atoms with van der Waals surface area (Å²) in [6.07, 6.45) is 2.53. The summed E-state index contributed by atoms with van der Waals surface area (Å²) in [6, 6.07) is 0. The lowest BCUT2D eigenvalue weighted by atomic mass is 10.1. The minimum absolute atomic E-state index is 0.645. The average Bonchev–Trinajstić information content (AvgIpc) is 3.11. The van der Waals surface area contributed by atoms with Crippen LogP contribution >= 0.6 is 12.2 Å². The first kappa shape index (κ1) is 15.7. The molecule has 1 aliphatic rings. The molecule has 20 heavy (non-hydrogen) atoms. The van der Waals surface area contributed by atoms with Crippen LogP contribution in [0.3, 0.4) is 0 Å². The summed E-state index contributed by atoms with van der Waals surface area (Å²) in [5.74, 6) is 3.14. The standard InChI is InChI=1S/C15H28N4S/c1-11(2)8-18(9-12(3)4)10-19-15(20)17(5)14(16-19)13-6-7-13/h11-13H,6-10H2,1-5H3. The van der Waals surface area contributed by atoms with E-state index >= 15 is 0 Å². The van der Waals surface area contributed by atoms with Gasteiger partial charge in [-0.2, -0.15) is 5.10 Å². The van der Waals surface area contributed by atoms with Crippen LogP contribution in [0, 0.1) is 16.6 Å². The van der Waals surface area contributed by atoms with Crippen LogP contribution in [-0.4, -0.2) is 32.3 Å². The first-order valence-corrected chi connectivity index (χ1v) is 8.15. The zero-order valence-electron chi connectivity index (χ0n) is 13.5. The van der Waals surface area contributed by atoms with Crippen LogP contribution in [0.15, 0.2) is 0 Å². The van der Waals surface area contributed by atoms with E-state index in [0.29, 0.717) is 17.8 Å². The first-order chi connectivity index (χ1) is 9.38. The van der Waals surface area contributed by atoms with Crippen molar-refractivity contribution in [3.05, 3.63) is 10.6 Å². The molecule has 5 heteroatoms. The molecule has 114 valence electrons. The van der Waals surface area contributed by atoms with Gasteiger partial charge in [0.2, 0.25) is 0 Å². The molecule has 0 atom stereocenters. The van der Waals surface area contributed by atoms with Crippen molar-refractivity contribution in [2.45, 2.75) is 53.1 Å². The Morgan fingerprint density at radius 3 is 2.20 bits per heavy atom. The number of rotatable bonds is 7. The molecular formula is C15H28N4S. The van der Waals surface area contributed by atoms with Crippen LogP contribution < -0.4 is 0 Å². The van der Waals surface area contributed by atoms with E-state index in [2.05, 4.69) is 44.2 Å². The molecule has 0 unspecified atom stereocenters. The topological polar surface area (TPSA) is 26.0 Å². The minimum atomic E-state index is 0.645. The Morgan fingerprint density at radius 2 is 1.75 bits per heavy atom. The fourth-order valence-electron chi connectivity index (χ4n) is 2.71. The summed E-state index contributed by atoms with van der Waals surface area (Å²) in [5, 5.41) is 4.76. The van der Waals surface area contributed by atoms with Crippen LogP contribution in [0.5, 0.6) is 0 Å². The summed E-state index contributed by atoms with van der Waals surface area (Å²) < 4.78 is 4.95. The third-order valence-electron chi connectivity index (χ3n) is 3.60. The molecule has 4 nitrogen and oxygen atoms in total. The lowest BCUT2D eigenvalue weighted by molar-refractivity contribution is 0.164. The molecule has 1 saturated carbocycles. The average molecular weight is 296 g/mol. The van der Waals surface area contributed by atoms with Crippen molar-refractivity contribution in [1.29, 1.82) is 0 Å². The van der Waals surface area contributed by atoms with Crippen molar-refractivity contribution in [2.24, 2.45) is 18.9 Å². The van der Waals surface area contributed by atoms with Crippen LogP contribution in [0.1, 0.15) is 52.3 Å². The van der Waals surface area contributed by atoms with Gasteiger partial charge in [0.15, 0.2) is 4.77 Å². The van der Waals surface area contributed by atoms with E-state index in [9.17, 15) is 0 Å². The van der Waals surface area contributed by atoms with Gasteiger partial charge in [-0.1, -0.05) is 27.7 Å². The predicted octanol–water partition coefficient (Wildman–Crippen LogP) is 3.40. The second-order valence-corrected chi connectivity index (χ2v) is 7.30. The smallest absolute Gasteiger partial charge is 0.198 e. The summed E-state index contributed by atoms with van der Waals surface area (Å²) in [6.45, 7) is 12.1. The van der Waals surface area contributed by atoms with Crippen LogP contribution in [-0.2, 0) is 13.7 Å². The Kier molecular flexibility index (Phi) is 5.02. The largest absolute Gasteiger partial charge is 0.307 e. The van der Waals surface area contributed by atoms with E-state index in [0.717, 1.165) is 24.5 Å². The van der Waals surface area contributed by atoms with Gasteiger partial charge in [-0.15, -0.1) is 0 Å². The van der Waals surface area contributed by atoms with Crippen molar-refractivity contribution >= 4 is 12.2 Å². The van der Waals surface area contributed by atoms with E-state index < -0.39 is 0 Å². The van der Waals surface area contributed by atoms with E-state index in [-0.39, 0.29) is 0 Å². The van der Waals surface area contributed by atoms with Gasteiger partial charge in [-0.25, -0.2) is 4.68 Å². The monoisotopic (exact) mass is 296 g/mol. The highest BCUT2D eigenvalue weighted by Gasteiger charge is 2.29. The van der Waals surface area contributed by atoms with Crippen molar-refractivity contribution in [1.82, 2.24) is 19.2 Å². The zero-order valence-corrected chi connectivity index (χ0v) is 14.3. The Bertz CT molecular complexity index is 486. The van der Waals surface area contributed by atoms with Crippen molar-refractivity contribution < 1.29 is 0 Å². The third-order valence-corrected chi connectivity index (χ3v) is 4.08. The molecular weight excluding hydrogens is 268 g/mol. The number of aromatic nitrogens is 3. The molecule has 0 radical (unpaired) electrons. The van der Waals surface area contributed by atoms with E-state index in [4.69, 9.17) is 17.3 Å². The van der Waals surface area contributed by atoms with E-state index in [1.54, 1.807) is 0 Å². The highest BCUT2D eigenvalue weighted by atomic mass is 32.1. The molecule has 1 fully saturated rings. The Morgan fingerprint density at radius 1 is 1.20 bits per heavy atom. The summed E-state index contributed by atoms with van der Waals surface area (Å²) in [5.41, 5.74) is 0. The van der Waals surface area contributed by atoms with Gasteiger partial charge in [-0.05, 0) is 36.9 Å². The summed E-state index contributed by atoms with van der Waals surface area (Å²) in [7, 11) is 2.05. The summed E-state index contributed by atoms with van der Waals surface area (Å²) in [4.78, 5) is 2.47. The molecule has 0 bridgehead atoms.